The lowest BCUT2D eigenvalue weighted by Gasteiger charge is -2.01. The molecule has 0 saturated heterocycles. The number of aliphatic hydroxyl groups is 1. The van der Waals surface area contributed by atoms with Gasteiger partial charge in [0.15, 0.2) is 0 Å². The predicted molar refractivity (Wildman–Crippen MR) is 57.1 cm³/mol. The number of aliphatic hydroxyl groups excluding tert-OH is 1. The number of rotatable bonds is 2. The van der Waals surface area contributed by atoms with Gasteiger partial charge < -0.3 is 5.11 Å². The summed E-state index contributed by atoms with van der Waals surface area (Å²) in [6.45, 7) is -0.179. The molecule has 0 bridgehead atoms. The molecule has 1 heterocycles. The van der Waals surface area contributed by atoms with Crippen molar-refractivity contribution in [3.63, 3.8) is 0 Å². The molecule has 3 nitrogen and oxygen atoms in total. The van der Waals surface area contributed by atoms with Gasteiger partial charge in [-0.2, -0.15) is 5.10 Å². The number of para-hydroxylation sites is 1. The van der Waals surface area contributed by atoms with Crippen LogP contribution in [0.5, 0.6) is 0 Å². The van der Waals surface area contributed by atoms with Gasteiger partial charge in [-0.25, -0.2) is 9.07 Å². The second kappa shape index (κ2) is 4.12. The lowest BCUT2D eigenvalue weighted by atomic mass is 10.3. The SMILES string of the molecule is OCc1nn(-c2ccccc2F)cc1Br. The number of benzene rings is 1. The largest absolute Gasteiger partial charge is 0.390 e. The van der Waals surface area contributed by atoms with Crippen LogP contribution >= 0.6 is 15.9 Å². The Labute approximate surface area is 94.3 Å². The molecule has 0 spiro atoms. The smallest absolute Gasteiger partial charge is 0.148 e. The highest BCUT2D eigenvalue weighted by Gasteiger charge is 2.09. The van der Waals surface area contributed by atoms with Crippen LogP contribution in [0.15, 0.2) is 34.9 Å². The molecular weight excluding hydrogens is 263 g/mol. The van der Waals surface area contributed by atoms with Gasteiger partial charge >= 0.3 is 0 Å². The van der Waals surface area contributed by atoms with Crippen molar-refractivity contribution >= 4 is 15.9 Å². The fourth-order valence-electron chi connectivity index (χ4n) is 1.26. The Hall–Kier alpha value is -1.20. The molecule has 1 aromatic heterocycles. The molecule has 0 fully saturated rings. The van der Waals surface area contributed by atoms with Crippen molar-refractivity contribution < 1.29 is 9.50 Å². The van der Waals surface area contributed by atoms with Crippen LogP contribution in [0.2, 0.25) is 0 Å². The summed E-state index contributed by atoms with van der Waals surface area (Å²) < 4.78 is 15.4. The lowest BCUT2D eigenvalue weighted by Crippen LogP contribution is -1.98. The van der Waals surface area contributed by atoms with E-state index in [0.29, 0.717) is 15.9 Å². The van der Waals surface area contributed by atoms with Crippen LogP contribution in [0.3, 0.4) is 0 Å². The highest BCUT2D eigenvalue weighted by molar-refractivity contribution is 9.10. The van der Waals surface area contributed by atoms with Gasteiger partial charge in [-0.1, -0.05) is 12.1 Å². The van der Waals surface area contributed by atoms with E-state index in [9.17, 15) is 4.39 Å². The van der Waals surface area contributed by atoms with Crippen molar-refractivity contribution in [3.8, 4) is 5.69 Å². The second-order valence-electron chi connectivity index (χ2n) is 2.98. The normalized spacial score (nSPS) is 10.6. The number of nitrogens with zero attached hydrogens (tertiary/aromatic N) is 2. The summed E-state index contributed by atoms with van der Waals surface area (Å²) in [5, 5.41) is 13.0. The van der Waals surface area contributed by atoms with Crippen molar-refractivity contribution in [1.82, 2.24) is 9.78 Å². The summed E-state index contributed by atoms with van der Waals surface area (Å²) in [7, 11) is 0. The van der Waals surface area contributed by atoms with E-state index in [1.165, 1.54) is 10.7 Å². The monoisotopic (exact) mass is 270 g/mol. The van der Waals surface area contributed by atoms with Gasteiger partial charge in [-0.3, -0.25) is 0 Å². The van der Waals surface area contributed by atoms with E-state index >= 15 is 0 Å². The van der Waals surface area contributed by atoms with Crippen LogP contribution in [0.1, 0.15) is 5.69 Å². The van der Waals surface area contributed by atoms with E-state index < -0.39 is 0 Å². The van der Waals surface area contributed by atoms with Gasteiger partial charge in [0.05, 0.1) is 11.1 Å². The van der Waals surface area contributed by atoms with E-state index in [4.69, 9.17) is 5.11 Å². The summed E-state index contributed by atoms with van der Waals surface area (Å²) in [6.07, 6.45) is 1.62. The third kappa shape index (κ3) is 1.93. The average molecular weight is 271 g/mol. The van der Waals surface area contributed by atoms with Gasteiger partial charge in [-0.15, -0.1) is 0 Å². The maximum absolute atomic E-state index is 13.4. The molecule has 2 rings (SSSR count). The molecule has 0 unspecified atom stereocenters. The molecule has 0 aliphatic heterocycles. The predicted octanol–water partition coefficient (Wildman–Crippen LogP) is 2.27. The first kappa shape index (κ1) is 10.3. The molecule has 78 valence electrons. The van der Waals surface area contributed by atoms with Gasteiger partial charge in [0.2, 0.25) is 0 Å². The van der Waals surface area contributed by atoms with E-state index in [2.05, 4.69) is 21.0 Å². The Morgan fingerprint density at radius 2 is 2.13 bits per heavy atom. The molecule has 5 heteroatoms. The standard InChI is InChI=1S/C10H8BrFN2O/c11-7-5-14(13-9(7)6-15)10-4-2-1-3-8(10)12/h1-5,15H,6H2. The van der Waals surface area contributed by atoms with Crippen LogP contribution < -0.4 is 0 Å². The molecule has 0 radical (unpaired) electrons. The topological polar surface area (TPSA) is 38.1 Å². The summed E-state index contributed by atoms with van der Waals surface area (Å²) in [5.74, 6) is -0.350. The minimum atomic E-state index is -0.350. The minimum Gasteiger partial charge on any atom is -0.390 e. The number of hydrogen-bond acceptors (Lipinski definition) is 2. The van der Waals surface area contributed by atoms with Gasteiger partial charge in [0.25, 0.3) is 0 Å². The first-order valence-corrected chi connectivity index (χ1v) is 5.11. The first-order valence-electron chi connectivity index (χ1n) is 4.32. The number of hydrogen-bond donors (Lipinski definition) is 1. The Morgan fingerprint density at radius 3 is 2.73 bits per heavy atom. The van der Waals surface area contributed by atoms with E-state index in [1.54, 1.807) is 24.4 Å². The minimum absolute atomic E-state index is 0.179. The second-order valence-corrected chi connectivity index (χ2v) is 3.83. The van der Waals surface area contributed by atoms with Crippen molar-refractivity contribution in [2.75, 3.05) is 0 Å². The van der Waals surface area contributed by atoms with E-state index in [0.717, 1.165) is 0 Å². The highest BCUT2D eigenvalue weighted by Crippen LogP contribution is 2.19. The van der Waals surface area contributed by atoms with Crippen LogP contribution in [-0.2, 0) is 6.61 Å². The van der Waals surface area contributed by atoms with E-state index in [1.807, 2.05) is 0 Å². The Balaban J connectivity index is 2.50. The van der Waals surface area contributed by atoms with Crippen LogP contribution in [-0.4, -0.2) is 14.9 Å². The zero-order valence-electron chi connectivity index (χ0n) is 7.69. The maximum atomic E-state index is 13.4. The summed E-state index contributed by atoms with van der Waals surface area (Å²) >= 11 is 3.23. The molecule has 0 atom stereocenters. The van der Waals surface area contributed by atoms with Crippen LogP contribution in [0.25, 0.3) is 5.69 Å². The number of aromatic nitrogens is 2. The Bertz CT molecular complexity index is 484. The average Bonchev–Trinajstić information content (AvgIpc) is 2.60. The maximum Gasteiger partial charge on any atom is 0.148 e. The summed E-state index contributed by atoms with van der Waals surface area (Å²) in [6, 6.07) is 6.33. The fourth-order valence-corrected chi connectivity index (χ4v) is 1.66. The summed E-state index contributed by atoms with van der Waals surface area (Å²) in [4.78, 5) is 0. The van der Waals surface area contributed by atoms with Crippen LogP contribution in [0.4, 0.5) is 4.39 Å². The quantitative estimate of drug-likeness (QED) is 0.909. The van der Waals surface area contributed by atoms with Gasteiger partial charge in [0.1, 0.15) is 17.2 Å². The zero-order valence-corrected chi connectivity index (χ0v) is 9.28. The number of halogens is 2. The fraction of sp³-hybridized carbons (Fsp3) is 0.100. The summed E-state index contributed by atoms with van der Waals surface area (Å²) in [5.41, 5.74) is 0.844. The third-order valence-electron chi connectivity index (χ3n) is 1.99. The molecule has 0 saturated carbocycles. The highest BCUT2D eigenvalue weighted by atomic mass is 79.9. The van der Waals surface area contributed by atoms with Crippen molar-refractivity contribution in [3.05, 3.63) is 46.4 Å². The van der Waals surface area contributed by atoms with Crippen molar-refractivity contribution in [2.24, 2.45) is 0 Å². The van der Waals surface area contributed by atoms with Crippen molar-refractivity contribution in [1.29, 1.82) is 0 Å². The zero-order chi connectivity index (χ0) is 10.8. The Kier molecular flexibility index (Phi) is 2.83. The third-order valence-corrected chi connectivity index (χ3v) is 2.65. The van der Waals surface area contributed by atoms with Crippen molar-refractivity contribution in [2.45, 2.75) is 6.61 Å². The molecule has 0 aliphatic rings. The molecule has 2 aromatic rings. The first-order chi connectivity index (χ1) is 7.22. The molecule has 1 N–H and O–H groups in total. The van der Waals surface area contributed by atoms with Gasteiger partial charge in [0, 0.05) is 6.20 Å². The molecule has 1 aromatic carbocycles. The van der Waals surface area contributed by atoms with Crippen LogP contribution in [0, 0.1) is 5.82 Å². The molecule has 0 aliphatic carbocycles. The Morgan fingerprint density at radius 1 is 1.40 bits per heavy atom. The van der Waals surface area contributed by atoms with E-state index in [-0.39, 0.29) is 12.4 Å². The van der Waals surface area contributed by atoms with Gasteiger partial charge in [-0.05, 0) is 28.1 Å². The molecular formula is C10H8BrFN2O. The molecule has 15 heavy (non-hydrogen) atoms. The molecule has 0 amide bonds. The lowest BCUT2D eigenvalue weighted by molar-refractivity contribution is 0.275.